The predicted octanol–water partition coefficient (Wildman–Crippen LogP) is 6.67. The largest absolute Gasteiger partial charge is 2.00 e. The van der Waals surface area contributed by atoms with E-state index in [1.165, 1.54) is 16.3 Å². The summed E-state index contributed by atoms with van der Waals surface area (Å²) in [6, 6.07) is 22.5. The number of carbonyl (C=O) groups excluding carboxylic acids is 1. The van der Waals surface area contributed by atoms with Crippen molar-refractivity contribution in [2.45, 2.75) is 0 Å². The Hall–Kier alpha value is -2.15. The Morgan fingerprint density at radius 3 is 1.94 bits per heavy atom. The molecular formula is C29H22FeO+2. The third kappa shape index (κ3) is 6.42. The van der Waals surface area contributed by atoms with Crippen molar-refractivity contribution in [3.8, 4) is 11.1 Å². The minimum absolute atomic E-state index is 0. The third-order valence-electron chi connectivity index (χ3n) is 4.94. The first-order valence-electron chi connectivity index (χ1n) is 10.0. The van der Waals surface area contributed by atoms with Crippen LogP contribution in [0.2, 0.25) is 0 Å². The van der Waals surface area contributed by atoms with Crippen molar-refractivity contribution in [1.29, 1.82) is 0 Å². The van der Waals surface area contributed by atoms with Gasteiger partial charge in [-0.25, -0.2) is 0 Å². The Balaban J connectivity index is 0.000000401. The molecule has 150 valence electrons. The summed E-state index contributed by atoms with van der Waals surface area (Å²) in [5.41, 5.74) is 3.00. The smallest absolute Gasteiger partial charge is 0.289 e. The number of hydrogen-bond acceptors (Lipinski definition) is 1. The Kier molecular flexibility index (Phi) is 9.12. The molecule has 2 fully saturated rings. The van der Waals surface area contributed by atoms with Crippen LogP contribution in [0.4, 0.5) is 0 Å². The molecule has 3 aromatic carbocycles. The fourth-order valence-corrected chi connectivity index (χ4v) is 3.38. The maximum atomic E-state index is 12.3. The zero-order valence-electron chi connectivity index (χ0n) is 17.0. The van der Waals surface area contributed by atoms with Gasteiger partial charge in [0.15, 0.2) is 5.78 Å². The topological polar surface area (TPSA) is 17.1 Å². The van der Waals surface area contributed by atoms with Crippen molar-refractivity contribution < 1.29 is 21.9 Å². The van der Waals surface area contributed by atoms with Crippen LogP contribution in [0.1, 0.15) is 10.4 Å². The van der Waals surface area contributed by atoms with E-state index in [2.05, 4.69) is 36.4 Å². The van der Waals surface area contributed by atoms with E-state index in [0.717, 1.165) is 11.5 Å². The summed E-state index contributed by atoms with van der Waals surface area (Å²) < 4.78 is 0. The monoisotopic (exact) mass is 442 g/mol. The van der Waals surface area contributed by atoms with Crippen molar-refractivity contribution in [2.75, 3.05) is 0 Å². The normalized spacial score (nSPS) is 16.1. The van der Waals surface area contributed by atoms with E-state index in [1.807, 2.05) is 94.2 Å². The van der Waals surface area contributed by atoms with Crippen LogP contribution in [0.25, 0.3) is 21.9 Å². The van der Waals surface area contributed by atoms with Gasteiger partial charge < -0.3 is 0 Å². The Labute approximate surface area is 197 Å². The second kappa shape index (κ2) is 12.0. The van der Waals surface area contributed by atoms with Gasteiger partial charge in [-0.05, 0) is 85.8 Å². The zero-order chi connectivity index (χ0) is 20.6. The first-order valence-corrected chi connectivity index (χ1v) is 10.0. The molecule has 0 N–H and O–H groups in total. The van der Waals surface area contributed by atoms with Crippen LogP contribution in [0.15, 0.2) is 78.9 Å². The van der Waals surface area contributed by atoms with Crippen LogP contribution in [0.3, 0.4) is 0 Å². The van der Waals surface area contributed by atoms with E-state index < -0.39 is 0 Å². The second-order valence-electron chi connectivity index (χ2n) is 6.98. The minimum Gasteiger partial charge on any atom is -0.289 e. The van der Waals surface area contributed by atoms with Crippen LogP contribution in [0, 0.1) is 63.7 Å². The molecule has 1 nitrogen and oxygen atoms in total. The molecule has 0 bridgehead atoms. The molecule has 2 heteroatoms. The average Bonchev–Trinajstić information content (AvgIpc) is 3.54. The molecule has 0 unspecified atom stereocenters. The van der Waals surface area contributed by atoms with Gasteiger partial charge >= 0.3 is 17.1 Å². The van der Waals surface area contributed by atoms with E-state index in [4.69, 9.17) is 0 Å². The summed E-state index contributed by atoms with van der Waals surface area (Å²) in [6.07, 6.45) is 21.4. The summed E-state index contributed by atoms with van der Waals surface area (Å²) in [7, 11) is 0. The third-order valence-corrected chi connectivity index (χ3v) is 4.94. The number of benzene rings is 3. The van der Waals surface area contributed by atoms with Gasteiger partial charge in [-0.2, -0.15) is 0 Å². The second-order valence-corrected chi connectivity index (χ2v) is 6.98. The number of allylic oxidation sites excluding steroid dienone is 2. The molecule has 0 aliphatic heterocycles. The van der Waals surface area contributed by atoms with Crippen LogP contribution >= 0.6 is 0 Å². The van der Waals surface area contributed by atoms with Crippen LogP contribution in [-0.2, 0) is 17.1 Å². The predicted molar refractivity (Wildman–Crippen MR) is 125 cm³/mol. The summed E-state index contributed by atoms with van der Waals surface area (Å²) in [5.74, 6) is 1.06. The van der Waals surface area contributed by atoms with Gasteiger partial charge in [-0.15, -0.1) is 0 Å². The standard InChI is InChI=1S/C24H17O.C5H5.Fe/c25-24(17-12-18-6-1-2-7-18)21-15-13-20(14-16-21)23-11-5-9-19-8-3-4-10-22(19)23;1-2-4-5-3-1;/h1-17H;1-5H;/q;;+2/b17-12+;;. The molecule has 2 saturated carbocycles. The van der Waals surface area contributed by atoms with E-state index in [9.17, 15) is 4.79 Å². The quantitative estimate of drug-likeness (QED) is 0.251. The van der Waals surface area contributed by atoms with Crippen molar-refractivity contribution in [1.82, 2.24) is 0 Å². The maximum absolute atomic E-state index is 12.3. The number of ketones is 1. The average molecular weight is 442 g/mol. The van der Waals surface area contributed by atoms with Gasteiger partial charge in [0.2, 0.25) is 0 Å². The molecule has 0 saturated heterocycles. The molecule has 0 heterocycles. The summed E-state index contributed by atoms with van der Waals surface area (Å²) in [4.78, 5) is 12.3. The van der Waals surface area contributed by atoms with Gasteiger partial charge in [0.25, 0.3) is 0 Å². The van der Waals surface area contributed by atoms with Crippen molar-refractivity contribution in [3.63, 3.8) is 0 Å². The Bertz CT molecular complexity index is 980. The molecule has 0 atom stereocenters. The zero-order valence-corrected chi connectivity index (χ0v) is 18.1. The first kappa shape index (κ1) is 23.5. The molecular weight excluding hydrogens is 420 g/mol. The van der Waals surface area contributed by atoms with Crippen molar-refractivity contribution >= 4 is 16.6 Å². The van der Waals surface area contributed by atoms with E-state index >= 15 is 0 Å². The van der Waals surface area contributed by atoms with Crippen LogP contribution < -0.4 is 0 Å². The first-order chi connectivity index (χ1) is 14.8. The van der Waals surface area contributed by atoms with Crippen molar-refractivity contribution in [2.24, 2.45) is 0 Å². The number of fused-ring (bicyclic) bond motifs is 1. The minimum atomic E-state index is 0. The van der Waals surface area contributed by atoms with E-state index in [0.29, 0.717) is 5.56 Å². The molecule has 3 aromatic rings. The number of hydrogen-bond donors (Lipinski definition) is 0. The molecule has 10 radical (unpaired) electrons. The molecule has 0 amide bonds. The van der Waals surface area contributed by atoms with Gasteiger partial charge in [0.1, 0.15) is 0 Å². The van der Waals surface area contributed by atoms with Crippen LogP contribution in [-0.4, -0.2) is 5.78 Å². The molecule has 0 aromatic heterocycles. The fourth-order valence-electron chi connectivity index (χ4n) is 3.38. The van der Waals surface area contributed by atoms with E-state index in [1.54, 1.807) is 6.08 Å². The van der Waals surface area contributed by atoms with Crippen molar-refractivity contribution in [3.05, 3.63) is 148 Å². The van der Waals surface area contributed by atoms with Gasteiger partial charge in [0, 0.05) is 11.5 Å². The van der Waals surface area contributed by atoms with E-state index in [-0.39, 0.29) is 22.9 Å². The maximum Gasteiger partial charge on any atom is 2.00 e. The van der Waals surface area contributed by atoms with Gasteiger partial charge in [-0.1, -0.05) is 72.8 Å². The summed E-state index contributed by atoms with van der Waals surface area (Å²) in [5, 5.41) is 2.44. The van der Waals surface area contributed by atoms with Crippen LogP contribution in [0.5, 0.6) is 0 Å². The van der Waals surface area contributed by atoms with Gasteiger partial charge in [0.05, 0.1) is 0 Å². The molecule has 5 rings (SSSR count). The SMILES string of the molecule is O=C(/C=C/[C]1[CH][CH][CH][CH]1)c1ccc(-c2cccc3ccccc23)cc1.[CH]1[CH][CH][CH][CH]1.[Fe+2]. The Morgan fingerprint density at radius 1 is 0.645 bits per heavy atom. The molecule has 0 spiro atoms. The van der Waals surface area contributed by atoms with Gasteiger partial charge in [-0.3, -0.25) is 4.79 Å². The number of rotatable bonds is 4. The molecule has 2 aliphatic carbocycles. The fraction of sp³-hybridized carbons (Fsp3) is 0. The molecule has 2 aliphatic rings. The summed E-state index contributed by atoms with van der Waals surface area (Å²) in [6.45, 7) is 0. The number of carbonyl (C=O) groups is 1. The summed E-state index contributed by atoms with van der Waals surface area (Å²) >= 11 is 0. The Morgan fingerprint density at radius 2 is 1.26 bits per heavy atom. The molecule has 31 heavy (non-hydrogen) atoms.